The van der Waals surface area contributed by atoms with Crippen molar-refractivity contribution in [1.82, 2.24) is 0 Å². The van der Waals surface area contributed by atoms with Crippen LogP contribution in [0.4, 0.5) is 0 Å². The Balaban J connectivity index is 1.74. The fourth-order valence-electron chi connectivity index (χ4n) is 6.61. The minimum absolute atomic E-state index is 0.860. The number of hydrogen-bond acceptors (Lipinski definition) is 0. The van der Waals surface area contributed by atoms with E-state index < -0.39 is 0 Å². The molecule has 0 spiro atoms. The van der Waals surface area contributed by atoms with Crippen LogP contribution >= 0.6 is 0 Å². The van der Waals surface area contributed by atoms with Crippen molar-refractivity contribution in [3.05, 3.63) is 34.4 Å². The molecule has 156 valence electrons. The molecule has 0 radical (unpaired) electrons. The zero-order valence-electron chi connectivity index (χ0n) is 18.6. The molecule has 3 aliphatic carbocycles. The third-order valence-electron chi connectivity index (χ3n) is 8.29. The molecule has 0 aromatic heterocycles. The minimum atomic E-state index is 0.860. The maximum absolute atomic E-state index is 2.75. The van der Waals surface area contributed by atoms with E-state index in [1.807, 2.05) is 16.7 Å². The minimum Gasteiger partial charge on any atom is -0.0654 e. The Morgan fingerprint density at radius 3 is 1.46 bits per heavy atom. The van der Waals surface area contributed by atoms with Crippen LogP contribution in [0.5, 0.6) is 0 Å². The molecule has 0 saturated heterocycles. The van der Waals surface area contributed by atoms with Crippen molar-refractivity contribution in [2.75, 3.05) is 0 Å². The first kappa shape index (κ1) is 20.5. The number of benzene rings is 1. The van der Waals surface area contributed by atoms with Gasteiger partial charge in [0.25, 0.3) is 0 Å². The summed E-state index contributed by atoms with van der Waals surface area (Å²) in [6, 6.07) is 5.51. The van der Waals surface area contributed by atoms with Gasteiger partial charge in [0.2, 0.25) is 0 Å². The Kier molecular flexibility index (Phi) is 7.54. The fraction of sp³-hybridized carbons (Fsp3) is 0.786. The summed E-state index contributed by atoms with van der Waals surface area (Å²) in [4.78, 5) is 0. The molecule has 0 atom stereocenters. The van der Waals surface area contributed by atoms with Crippen molar-refractivity contribution in [3.8, 4) is 0 Å². The molecule has 0 aliphatic heterocycles. The van der Waals surface area contributed by atoms with E-state index in [2.05, 4.69) is 19.1 Å². The first-order valence-corrected chi connectivity index (χ1v) is 13.0. The van der Waals surface area contributed by atoms with Gasteiger partial charge in [-0.15, -0.1) is 0 Å². The molecule has 1 aromatic carbocycles. The third kappa shape index (κ3) is 4.85. The third-order valence-corrected chi connectivity index (χ3v) is 8.29. The van der Waals surface area contributed by atoms with Crippen LogP contribution in [0.25, 0.3) is 0 Å². The van der Waals surface area contributed by atoms with Gasteiger partial charge in [0, 0.05) is 0 Å². The highest BCUT2D eigenvalue weighted by atomic mass is 14.3. The second-order valence-electron chi connectivity index (χ2n) is 10.3. The molecule has 28 heavy (non-hydrogen) atoms. The molecule has 0 amide bonds. The van der Waals surface area contributed by atoms with Crippen LogP contribution in [-0.4, -0.2) is 0 Å². The SMILES string of the molecule is CCCCc1c(C2CCCCC2)cc(C2CCCCC2)cc1C1CCCCC1. The molecular weight excluding hydrogens is 336 g/mol. The van der Waals surface area contributed by atoms with Crippen LogP contribution in [0.15, 0.2) is 12.1 Å². The van der Waals surface area contributed by atoms with Gasteiger partial charge in [-0.1, -0.05) is 83.3 Å². The molecule has 3 fully saturated rings. The van der Waals surface area contributed by atoms with Gasteiger partial charge in [-0.05, 0) is 91.4 Å². The molecule has 1 aromatic rings. The van der Waals surface area contributed by atoms with Gasteiger partial charge in [-0.25, -0.2) is 0 Å². The quantitative estimate of drug-likeness (QED) is 0.461. The summed E-state index contributed by atoms with van der Waals surface area (Å²) >= 11 is 0. The molecule has 0 bridgehead atoms. The summed E-state index contributed by atoms with van der Waals surface area (Å²) in [5.74, 6) is 2.59. The zero-order valence-corrected chi connectivity index (χ0v) is 18.6. The summed E-state index contributed by atoms with van der Waals surface area (Å²) in [5.41, 5.74) is 7.25. The van der Waals surface area contributed by atoms with Crippen molar-refractivity contribution in [2.24, 2.45) is 0 Å². The Hall–Kier alpha value is -0.780. The predicted octanol–water partition coefficient (Wildman–Crippen LogP) is 9.17. The lowest BCUT2D eigenvalue weighted by atomic mass is 9.73. The lowest BCUT2D eigenvalue weighted by Crippen LogP contribution is -2.16. The Bertz CT molecular complexity index is 555. The van der Waals surface area contributed by atoms with Crippen molar-refractivity contribution in [1.29, 1.82) is 0 Å². The van der Waals surface area contributed by atoms with E-state index in [4.69, 9.17) is 0 Å². The highest BCUT2D eigenvalue weighted by Gasteiger charge is 2.27. The van der Waals surface area contributed by atoms with E-state index in [1.54, 1.807) is 5.56 Å². The van der Waals surface area contributed by atoms with Crippen molar-refractivity contribution >= 4 is 0 Å². The average Bonchev–Trinajstić information content (AvgIpc) is 2.79. The molecule has 4 rings (SSSR count). The molecule has 0 heteroatoms. The predicted molar refractivity (Wildman–Crippen MR) is 123 cm³/mol. The summed E-state index contributed by atoms with van der Waals surface area (Å²) in [6.07, 6.45) is 25.9. The average molecular weight is 381 g/mol. The van der Waals surface area contributed by atoms with Crippen LogP contribution < -0.4 is 0 Å². The van der Waals surface area contributed by atoms with Crippen LogP contribution in [0.2, 0.25) is 0 Å². The highest BCUT2D eigenvalue weighted by Crippen LogP contribution is 2.44. The van der Waals surface area contributed by atoms with E-state index in [0.29, 0.717) is 0 Å². The molecule has 0 nitrogen and oxygen atoms in total. The first-order chi connectivity index (χ1) is 13.9. The van der Waals surface area contributed by atoms with E-state index in [0.717, 1.165) is 17.8 Å². The topological polar surface area (TPSA) is 0 Å². The Morgan fingerprint density at radius 2 is 1.04 bits per heavy atom. The van der Waals surface area contributed by atoms with Gasteiger partial charge >= 0.3 is 0 Å². The lowest BCUT2D eigenvalue weighted by Gasteiger charge is -2.32. The van der Waals surface area contributed by atoms with Gasteiger partial charge in [-0.3, -0.25) is 0 Å². The van der Waals surface area contributed by atoms with E-state index >= 15 is 0 Å². The summed E-state index contributed by atoms with van der Waals surface area (Å²) in [6.45, 7) is 2.37. The lowest BCUT2D eigenvalue weighted by molar-refractivity contribution is 0.423. The number of unbranched alkanes of at least 4 members (excludes halogenated alkanes) is 1. The van der Waals surface area contributed by atoms with Crippen LogP contribution in [0, 0.1) is 0 Å². The molecular formula is C28H44. The van der Waals surface area contributed by atoms with Crippen molar-refractivity contribution in [3.63, 3.8) is 0 Å². The molecule has 0 N–H and O–H groups in total. The van der Waals surface area contributed by atoms with E-state index in [1.165, 1.54) is 116 Å². The van der Waals surface area contributed by atoms with Crippen LogP contribution in [0.1, 0.15) is 156 Å². The van der Waals surface area contributed by atoms with Crippen LogP contribution in [0.3, 0.4) is 0 Å². The molecule has 3 aliphatic rings. The molecule has 0 heterocycles. The largest absolute Gasteiger partial charge is 0.0654 e. The summed E-state index contributed by atoms with van der Waals surface area (Å²) in [7, 11) is 0. The Labute approximate surface area is 174 Å². The number of rotatable bonds is 6. The van der Waals surface area contributed by atoms with E-state index in [-0.39, 0.29) is 0 Å². The highest BCUT2D eigenvalue weighted by molar-refractivity contribution is 5.45. The smallest absolute Gasteiger partial charge is 0.0159 e. The van der Waals surface area contributed by atoms with Crippen molar-refractivity contribution < 1.29 is 0 Å². The monoisotopic (exact) mass is 380 g/mol. The van der Waals surface area contributed by atoms with Gasteiger partial charge < -0.3 is 0 Å². The summed E-state index contributed by atoms with van der Waals surface area (Å²) in [5, 5.41) is 0. The normalized spacial score (nSPS) is 23.2. The first-order valence-electron chi connectivity index (χ1n) is 13.0. The standard InChI is InChI=1S/C28H44/c1-2-3-19-26-27(23-15-9-5-10-16-23)20-25(22-13-7-4-8-14-22)21-28(26)24-17-11-6-12-18-24/h20-24H,2-19H2,1H3. The zero-order chi connectivity index (χ0) is 19.2. The van der Waals surface area contributed by atoms with Gasteiger partial charge in [-0.2, -0.15) is 0 Å². The van der Waals surface area contributed by atoms with E-state index in [9.17, 15) is 0 Å². The van der Waals surface area contributed by atoms with Crippen LogP contribution in [-0.2, 0) is 6.42 Å². The Morgan fingerprint density at radius 1 is 0.607 bits per heavy atom. The van der Waals surface area contributed by atoms with Gasteiger partial charge in [0.05, 0.1) is 0 Å². The second kappa shape index (κ2) is 10.3. The molecule has 3 saturated carbocycles. The second-order valence-corrected chi connectivity index (χ2v) is 10.3. The maximum Gasteiger partial charge on any atom is -0.0159 e. The number of hydrogen-bond donors (Lipinski definition) is 0. The maximum atomic E-state index is 2.75. The van der Waals surface area contributed by atoms with Gasteiger partial charge in [0.1, 0.15) is 0 Å². The van der Waals surface area contributed by atoms with Crippen molar-refractivity contribution in [2.45, 2.75) is 140 Å². The van der Waals surface area contributed by atoms with Gasteiger partial charge in [0.15, 0.2) is 0 Å². The fourth-order valence-corrected chi connectivity index (χ4v) is 6.61. The summed E-state index contributed by atoms with van der Waals surface area (Å²) < 4.78 is 0. The molecule has 0 unspecified atom stereocenters.